The maximum absolute atomic E-state index is 13.9. The number of sulfonamides is 1. The summed E-state index contributed by atoms with van der Waals surface area (Å²) in [5.74, 6) is -1.65. The van der Waals surface area contributed by atoms with Gasteiger partial charge in [0.25, 0.3) is 5.91 Å². The van der Waals surface area contributed by atoms with Gasteiger partial charge in [0.2, 0.25) is 10.0 Å². The quantitative estimate of drug-likeness (QED) is 0.499. The average molecular weight is 430 g/mol. The lowest BCUT2D eigenvalue weighted by molar-refractivity contribution is -0.137. The summed E-state index contributed by atoms with van der Waals surface area (Å²) in [6.07, 6.45) is -2.88. The van der Waals surface area contributed by atoms with Crippen LogP contribution in [-0.4, -0.2) is 27.4 Å². The van der Waals surface area contributed by atoms with E-state index >= 15 is 0 Å². The van der Waals surface area contributed by atoms with Crippen LogP contribution in [0.2, 0.25) is 0 Å². The number of carbonyl (C=O) groups excluding carboxylic acids is 1. The Morgan fingerprint density at radius 3 is 2.34 bits per heavy atom. The summed E-state index contributed by atoms with van der Waals surface area (Å²) in [7, 11) is -4.16. The summed E-state index contributed by atoms with van der Waals surface area (Å²) in [5, 5.41) is 2.52. The molecule has 5 nitrogen and oxygen atoms in total. The lowest BCUT2D eigenvalue weighted by atomic mass is 10.1. The highest BCUT2D eigenvalue weighted by molar-refractivity contribution is 7.89. The molecule has 156 valence electrons. The maximum atomic E-state index is 13.9. The van der Waals surface area contributed by atoms with Gasteiger partial charge < -0.3 is 5.32 Å². The van der Waals surface area contributed by atoms with E-state index in [2.05, 4.69) is 16.6 Å². The van der Waals surface area contributed by atoms with Crippen LogP contribution >= 0.6 is 0 Å². The second kappa shape index (κ2) is 9.19. The molecule has 0 spiro atoms. The molecule has 0 bridgehead atoms. The first-order chi connectivity index (χ1) is 13.5. The highest BCUT2D eigenvalue weighted by Crippen LogP contribution is 2.29. The van der Waals surface area contributed by atoms with Crippen molar-refractivity contribution in [1.29, 1.82) is 0 Å². The zero-order valence-corrected chi connectivity index (χ0v) is 15.9. The summed E-state index contributed by atoms with van der Waals surface area (Å²) in [5.41, 5.74) is -0.262. The van der Waals surface area contributed by atoms with E-state index in [0.29, 0.717) is 5.56 Å². The van der Waals surface area contributed by atoms with Gasteiger partial charge in [0.05, 0.1) is 5.56 Å². The van der Waals surface area contributed by atoms with Gasteiger partial charge in [0, 0.05) is 18.7 Å². The van der Waals surface area contributed by atoms with E-state index < -0.39 is 38.4 Å². The molecule has 0 fully saturated rings. The summed E-state index contributed by atoms with van der Waals surface area (Å²) < 4.78 is 77.8. The summed E-state index contributed by atoms with van der Waals surface area (Å²) in [6.45, 7) is 3.35. The number of nitrogens with one attached hydrogen (secondary N) is 2. The summed E-state index contributed by atoms with van der Waals surface area (Å²) >= 11 is 0. The van der Waals surface area contributed by atoms with Crippen molar-refractivity contribution >= 4 is 15.9 Å². The van der Waals surface area contributed by atoms with Crippen LogP contribution in [0.3, 0.4) is 0 Å². The van der Waals surface area contributed by atoms with E-state index in [1.165, 1.54) is 18.2 Å². The molecule has 0 aliphatic carbocycles. The highest BCUT2D eigenvalue weighted by Gasteiger charge is 2.29. The molecule has 0 heterocycles. The molecule has 0 saturated carbocycles. The summed E-state index contributed by atoms with van der Waals surface area (Å²) in [6, 6.07) is 7.43. The van der Waals surface area contributed by atoms with Gasteiger partial charge in [-0.1, -0.05) is 18.2 Å². The van der Waals surface area contributed by atoms with Gasteiger partial charge in [-0.2, -0.15) is 13.2 Å². The summed E-state index contributed by atoms with van der Waals surface area (Å²) in [4.78, 5) is 11.5. The van der Waals surface area contributed by atoms with Crippen LogP contribution in [0.1, 0.15) is 21.5 Å². The number of amides is 1. The lowest BCUT2D eigenvalue weighted by Crippen LogP contribution is -2.27. The van der Waals surface area contributed by atoms with Gasteiger partial charge in [0.15, 0.2) is 0 Å². The predicted molar refractivity (Wildman–Crippen MR) is 99.3 cm³/mol. The van der Waals surface area contributed by atoms with Crippen molar-refractivity contribution in [3.05, 3.63) is 77.6 Å². The zero-order chi connectivity index (χ0) is 21.7. The fourth-order valence-corrected chi connectivity index (χ4v) is 3.48. The third kappa shape index (κ3) is 6.13. The molecule has 2 N–H and O–H groups in total. The molecule has 0 unspecified atom stereocenters. The van der Waals surface area contributed by atoms with Crippen LogP contribution in [0.5, 0.6) is 0 Å². The molecule has 0 aromatic heterocycles. The standard InChI is InChI=1S/C19H18F4N2O3S/c1-2-10-25-29(27,28)17-12-14(5-8-16(17)20)18(26)24-11-9-13-3-6-15(7-4-13)19(21,22)23/h2-8,12,25H,1,9-11H2,(H,24,26). The van der Waals surface area contributed by atoms with Gasteiger partial charge in [-0.3, -0.25) is 4.79 Å². The Labute approximate surface area is 165 Å². The van der Waals surface area contributed by atoms with Crippen LogP contribution < -0.4 is 10.0 Å². The molecule has 2 rings (SSSR count). The average Bonchev–Trinajstić information content (AvgIpc) is 2.66. The molecule has 0 atom stereocenters. The maximum Gasteiger partial charge on any atom is 0.416 e. The number of alkyl halides is 3. The zero-order valence-electron chi connectivity index (χ0n) is 15.1. The number of rotatable bonds is 8. The molecule has 0 saturated heterocycles. The van der Waals surface area contributed by atoms with Gasteiger partial charge in [-0.25, -0.2) is 17.5 Å². The Morgan fingerprint density at radius 2 is 1.76 bits per heavy atom. The number of hydrogen-bond acceptors (Lipinski definition) is 3. The molecule has 2 aromatic rings. The Balaban J connectivity index is 2.02. The van der Waals surface area contributed by atoms with Gasteiger partial charge in [0.1, 0.15) is 10.7 Å². The molecule has 10 heteroatoms. The second-order valence-corrected chi connectivity index (χ2v) is 7.72. The molecule has 29 heavy (non-hydrogen) atoms. The predicted octanol–water partition coefficient (Wildman–Crippen LogP) is 3.28. The first-order valence-corrected chi connectivity index (χ1v) is 9.87. The lowest BCUT2D eigenvalue weighted by Gasteiger charge is -2.10. The van der Waals surface area contributed by atoms with Crippen molar-refractivity contribution in [2.75, 3.05) is 13.1 Å². The monoisotopic (exact) mass is 430 g/mol. The van der Waals surface area contributed by atoms with E-state index in [4.69, 9.17) is 0 Å². The van der Waals surface area contributed by atoms with Crippen LogP contribution in [0.25, 0.3) is 0 Å². The Kier molecular flexibility index (Phi) is 7.15. The minimum Gasteiger partial charge on any atom is -0.352 e. The van der Waals surface area contributed by atoms with E-state index in [-0.39, 0.29) is 25.1 Å². The molecule has 0 aliphatic rings. The molecule has 2 aromatic carbocycles. The van der Waals surface area contributed by atoms with Crippen LogP contribution in [0, 0.1) is 5.82 Å². The number of carbonyl (C=O) groups is 1. The Bertz CT molecular complexity index is 988. The molecular formula is C19H18F4N2O3S. The first-order valence-electron chi connectivity index (χ1n) is 8.39. The van der Waals surface area contributed by atoms with Crippen molar-refractivity contribution in [2.24, 2.45) is 0 Å². The smallest absolute Gasteiger partial charge is 0.352 e. The van der Waals surface area contributed by atoms with Crippen LogP contribution in [0.15, 0.2) is 60.0 Å². The largest absolute Gasteiger partial charge is 0.416 e. The van der Waals surface area contributed by atoms with Crippen LogP contribution in [-0.2, 0) is 22.6 Å². The van der Waals surface area contributed by atoms with E-state index in [1.807, 2.05) is 0 Å². The normalized spacial score (nSPS) is 11.9. The third-order valence-corrected chi connectivity index (χ3v) is 5.32. The van der Waals surface area contributed by atoms with E-state index in [1.54, 1.807) is 0 Å². The fraction of sp³-hybridized carbons (Fsp3) is 0.211. The molecule has 0 radical (unpaired) electrons. The fourth-order valence-electron chi connectivity index (χ4n) is 2.38. The number of halogens is 4. The minimum absolute atomic E-state index is 0.0715. The van der Waals surface area contributed by atoms with Gasteiger partial charge in [-0.05, 0) is 42.3 Å². The second-order valence-electron chi connectivity index (χ2n) is 5.99. The van der Waals surface area contributed by atoms with Gasteiger partial charge >= 0.3 is 6.18 Å². The van der Waals surface area contributed by atoms with Crippen molar-refractivity contribution < 1.29 is 30.8 Å². The van der Waals surface area contributed by atoms with E-state index in [0.717, 1.165) is 30.3 Å². The van der Waals surface area contributed by atoms with Gasteiger partial charge in [-0.15, -0.1) is 6.58 Å². The number of benzene rings is 2. The van der Waals surface area contributed by atoms with E-state index in [9.17, 15) is 30.8 Å². The molecule has 0 aliphatic heterocycles. The Morgan fingerprint density at radius 1 is 1.10 bits per heavy atom. The van der Waals surface area contributed by atoms with Crippen molar-refractivity contribution in [2.45, 2.75) is 17.5 Å². The SMILES string of the molecule is C=CCNS(=O)(=O)c1cc(C(=O)NCCc2ccc(C(F)(F)F)cc2)ccc1F. The molecular weight excluding hydrogens is 412 g/mol. The molecule has 1 amide bonds. The third-order valence-electron chi connectivity index (χ3n) is 3.88. The first kappa shape index (κ1) is 22.6. The Hall–Kier alpha value is -2.72. The van der Waals surface area contributed by atoms with Crippen molar-refractivity contribution in [1.82, 2.24) is 10.0 Å². The highest BCUT2D eigenvalue weighted by atomic mass is 32.2. The number of hydrogen-bond donors (Lipinski definition) is 2. The van der Waals surface area contributed by atoms with Crippen molar-refractivity contribution in [3.63, 3.8) is 0 Å². The van der Waals surface area contributed by atoms with Crippen LogP contribution in [0.4, 0.5) is 17.6 Å². The minimum atomic E-state index is -4.42. The van der Waals surface area contributed by atoms with Crippen molar-refractivity contribution in [3.8, 4) is 0 Å². The topological polar surface area (TPSA) is 75.3 Å².